The number of carbonyl (C=O) groups is 1. The fourth-order valence-corrected chi connectivity index (χ4v) is 4.51. The molecule has 0 radical (unpaired) electrons. The van der Waals surface area contributed by atoms with Crippen molar-refractivity contribution in [2.75, 3.05) is 25.2 Å². The van der Waals surface area contributed by atoms with Crippen molar-refractivity contribution in [1.82, 2.24) is 24.8 Å². The van der Waals surface area contributed by atoms with E-state index in [1.54, 1.807) is 41.2 Å². The predicted molar refractivity (Wildman–Crippen MR) is 143 cm³/mol. The van der Waals surface area contributed by atoms with Crippen LogP contribution in [0.15, 0.2) is 61.2 Å². The van der Waals surface area contributed by atoms with Crippen LogP contribution in [0, 0.1) is 6.92 Å². The van der Waals surface area contributed by atoms with Crippen molar-refractivity contribution >= 4 is 30.9 Å². The molecule has 0 aliphatic heterocycles. The van der Waals surface area contributed by atoms with Gasteiger partial charge in [-0.15, -0.1) is 0 Å². The number of amides is 1. The third-order valence-electron chi connectivity index (χ3n) is 5.65. The molecule has 3 N–H and O–H groups in total. The number of fused-ring (bicyclic) bond motifs is 1. The summed E-state index contributed by atoms with van der Waals surface area (Å²) in [5.41, 5.74) is 8.54. The highest BCUT2D eigenvalue weighted by Gasteiger charge is 2.24. The van der Waals surface area contributed by atoms with E-state index in [0.717, 1.165) is 5.56 Å². The molecule has 11 nitrogen and oxygen atoms in total. The average Bonchev–Trinajstić information content (AvgIpc) is 3.32. The summed E-state index contributed by atoms with van der Waals surface area (Å²) in [4.78, 5) is 24.7. The minimum Gasteiger partial charge on any atom is -0.489 e. The van der Waals surface area contributed by atoms with Crippen molar-refractivity contribution in [3.8, 4) is 11.5 Å². The minimum absolute atomic E-state index is 0.0977. The molecule has 0 saturated carbocycles. The third-order valence-corrected chi connectivity index (χ3v) is 6.41. The largest absolute Gasteiger partial charge is 0.585 e. The van der Waals surface area contributed by atoms with Crippen LogP contribution in [-0.4, -0.2) is 51.0 Å². The second-order valence-electron chi connectivity index (χ2n) is 8.58. The summed E-state index contributed by atoms with van der Waals surface area (Å²) in [5, 5.41) is 2.90. The van der Waals surface area contributed by atoms with Gasteiger partial charge in [-0.3, -0.25) is 4.79 Å². The lowest BCUT2D eigenvalue weighted by molar-refractivity contribution is 0.0851. The molecular weight excluding hydrogens is 507 g/mol. The third kappa shape index (κ3) is 7.02. The maximum atomic E-state index is 12.6. The Hall–Kier alpha value is -4.08. The van der Waals surface area contributed by atoms with Gasteiger partial charge in [0.15, 0.2) is 17.2 Å². The quantitative estimate of drug-likeness (QED) is 0.190. The number of carbonyl (C=O) groups excluding carboxylic acids is 1. The number of rotatable bonds is 13. The number of aromatic nitrogens is 4. The maximum absolute atomic E-state index is 12.6. The second-order valence-corrected chi connectivity index (χ2v) is 9.68. The Balaban J connectivity index is 1.20. The number of hydrogen-bond acceptors (Lipinski definition) is 9. The molecule has 1 amide bonds. The number of imidazole rings is 1. The van der Waals surface area contributed by atoms with Crippen LogP contribution in [0.5, 0.6) is 11.5 Å². The van der Waals surface area contributed by atoms with Crippen molar-refractivity contribution in [3.05, 3.63) is 72.3 Å². The zero-order valence-electron chi connectivity index (χ0n) is 21.2. The SMILES string of the molecule is Cc1ccccc1C(=O)NCCCOc1ccccc1O[P+](=O)COC(C)Cn1cnc2c(N)ncnc21. The van der Waals surface area contributed by atoms with E-state index < -0.39 is 8.03 Å². The molecule has 12 heteroatoms. The molecule has 2 atom stereocenters. The van der Waals surface area contributed by atoms with E-state index in [9.17, 15) is 9.36 Å². The number of nitrogens with two attached hydrogens (primary N) is 1. The van der Waals surface area contributed by atoms with E-state index in [1.165, 1.54) is 6.33 Å². The summed E-state index contributed by atoms with van der Waals surface area (Å²) in [6.45, 7) is 5.01. The number of nitrogens with zero attached hydrogens (tertiary/aromatic N) is 4. The number of nitrogens with one attached hydrogen (secondary N) is 1. The zero-order chi connectivity index (χ0) is 26.9. The molecule has 0 aliphatic carbocycles. The topological polar surface area (TPSA) is 143 Å². The molecule has 198 valence electrons. The lowest BCUT2D eigenvalue weighted by atomic mass is 10.1. The van der Waals surface area contributed by atoms with Crippen LogP contribution in [0.2, 0.25) is 0 Å². The lowest BCUT2D eigenvalue weighted by Crippen LogP contribution is -2.26. The predicted octanol–water partition coefficient (Wildman–Crippen LogP) is 4.10. The number of aryl methyl sites for hydroxylation is 1. The number of nitrogen functional groups attached to an aromatic ring is 1. The molecule has 2 aromatic heterocycles. The summed E-state index contributed by atoms with van der Waals surface area (Å²) in [5.74, 6) is 1.03. The summed E-state index contributed by atoms with van der Waals surface area (Å²) in [7, 11) is -2.15. The Morgan fingerprint density at radius 2 is 1.87 bits per heavy atom. The van der Waals surface area contributed by atoms with Crippen molar-refractivity contribution in [3.63, 3.8) is 0 Å². The standard InChI is InChI=1S/C26H29N6O5P/c1-18-8-3-4-9-20(18)26(33)28-12-7-13-35-21-10-5-6-11-22(21)37-38(34)17-36-19(2)14-32-16-31-23-24(27)29-15-30-25(23)32/h3-6,8-11,15-16,19H,7,12-14,17H2,1-2H3,(H2-,27,28,29,30,33)/p+1. The Kier molecular flexibility index (Phi) is 9.18. The molecule has 0 bridgehead atoms. The van der Waals surface area contributed by atoms with Gasteiger partial charge in [-0.25, -0.2) is 19.5 Å². The number of para-hydroxylation sites is 2. The minimum atomic E-state index is -2.15. The van der Waals surface area contributed by atoms with Gasteiger partial charge in [-0.1, -0.05) is 30.3 Å². The Morgan fingerprint density at radius 3 is 2.68 bits per heavy atom. The average molecular weight is 538 g/mol. The first kappa shape index (κ1) is 27.0. The van der Waals surface area contributed by atoms with E-state index in [1.807, 2.05) is 32.0 Å². The summed E-state index contributed by atoms with van der Waals surface area (Å²) in [6.07, 6.45) is 3.21. The fourth-order valence-electron chi connectivity index (χ4n) is 3.71. The van der Waals surface area contributed by atoms with Crippen LogP contribution in [0.25, 0.3) is 11.2 Å². The highest BCUT2D eigenvalue weighted by molar-refractivity contribution is 7.39. The highest BCUT2D eigenvalue weighted by atomic mass is 31.1. The summed E-state index contributed by atoms with van der Waals surface area (Å²) < 4.78 is 31.6. The van der Waals surface area contributed by atoms with Crippen LogP contribution < -0.4 is 20.3 Å². The first-order valence-corrected chi connectivity index (χ1v) is 13.5. The monoisotopic (exact) mass is 537 g/mol. The smallest absolute Gasteiger partial charge is 0.489 e. The van der Waals surface area contributed by atoms with Crippen molar-refractivity contribution < 1.29 is 23.4 Å². The normalized spacial score (nSPS) is 12.2. The molecule has 0 saturated heterocycles. The van der Waals surface area contributed by atoms with Gasteiger partial charge in [0.2, 0.25) is 5.75 Å². The molecule has 38 heavy (non-hydrogen) atoms. The highest BCUT2D eigenvalue weighted by Crippen LogP contribution is 2.35. The first-order valence-electron chi connectivity index (χ1n) is 12.1. The molecule has 0 fully saturated rings. The zero-order valence-corrected chi connectivity index (χ0v) is 22.1. The van der Waals surface area contributed by atoms with Crippen LogP contribution >= 0.6 is 8.03 Å². The molecule has 2 unspecified atom stereocenters. The van der Waals surface area contributed by atoms with Gasteiger partial charge in [0.25, 0.3) is 12.3 Å². The molecule has 4 rings (SSSR count). The number of ether oxygens (including phenoxy) is 2. The van der Waals surface area contributed by atoms with Crippen molar-refractivity contribution in [2.45, 2.75) is 32.9 Å². The van der Waals surface area contributed by atoms with Gasteiger partial charge in [-0.05, 0) is 48.6 Å². The second kappa shape index (κ2) is 12.9. The van der Waals surface area contributed by atoms with Crippen molar-refractivity contribution in [2.24, 2.45) is 0 Å². The number of anilines is 1. The molecule has 2 heterocycles. The molecule has 0 spiro atoms. The van der Waals surface area contributed by atoms with Crippen molar-refractivity contribution in [1.29, 1.82) is 0 Å². The van der Waals surface area contributed by atoms with E-state index >= 15 is 0 Å². The van der Waals surface area contributed by atoms with Gasteiger partial charge >= 0.3 is 8.03 Å². The first-order chi connectivity index (χ1) is 18.4. The molecular formula is C26H30N6O5P+. The van der Waals surface area contributed by atoms with Gasteiger partial charge < -0.3 is 25.1 Å². The fraction of sp³-hybridized carbons (Fsp3) is 0.308. The van der Waals surface area contributed by atoms with Gasteiger partial charge in [0.1, 0.15) is 11.8 Å². The molecule has 0 aliphatic rings. The van der Waals surface area contributed by atoms with Crippen LogP contribution in [0.4, 0.5) is 5.82 Å². The number of hydrogen-bond donors (Lipinski definition) is 2. The molecule has 2 aromatic carbocycles. The molecule has 4 aromatic rings. The van der Waals surface area contributed by atoms with E-state index in [0.29, 0.717) is 60.2 Å². The number of benzene rings is 2. The van der Waals surface area contributed by atoms with E-state index in [4.69, 9.17) is 19.7 Å². The summed E-state index contributed by atoms with van der Waals surface area (Å²) in [6, 6.07) is 14.4. The van der Waals surface area contributed by atoms with Gasteiger partial charge in [0, 0.05) is 12.1 Å². The summed E-state index contributed by atoms with van der Waals surface area (Å²) >= 11 is 0. The van der Waals surface area contributed by atoms with Crippen LogP contribution in [0.3, 0.4) is 0 Å². The van der Waals surface area contributed by atoms with Crippen LogP contribution in [0.1, 0.15) is 29.3 Å². The van der Waals surface area contributed by atoms with Crippen LogP contribution in [-0.2, 0) is 15.8 Å². The Labute approximate surface area is 221 Å². The Morgan fingerprint density at radius 1 is 1.11 bits per heavy atom. The van der Waals surface area contributed by atoms with E-state index in [-0.39, 0.29) is 18.4 Å². The van der Waals surface area contributed by atoms with Gasteiger partial charge in [-0.2, -0.15) is 0 Å². The lowest BCUT2D eigenvalue weighted by Gasteiger charge is -2.11. The van der Waals surface area contributed by atoms with Gasteiger partial charge in [0.05, 0.1) is 25.6 Å². The van der Waals surface area contributed by atoms with E-state index in [2.05, 4.69) is 20.3 Å². The Bertz CT molecular complexity index is 1410. The maximum Gasteiger partial charge on any atom is 0.585 e.